The summed E-state index contributed by atoms with van der Waals surface area (Å²) in [4.78, 5) is 38.2. The first-order valence-corrected chi connectivity index (χ1v) is 31.3. The van der Waals surface area contributed by atoms with Gasteiger partial charge in [-0.3, -0.25) is 14.4 Å². The maximum Gasteiger partial charge on any atom is 0.306 e. The van der Waals surface area contributed by atoms with Crippen LogP contribution in [-0.4, -0.2) is 37.2 Å². The van der Waals surface area contributed by atoms with Gasteiger partial charge in [-0.2, -0.15) is 0 Å². The molecule has 0 bridgehead atoms. The van der Waals surface area contributed by atoms with Crippen LogP contribution in [-0.2, 0) is 28.6 Å². The zero-order valence-corrected chi connectivity index (χ0v) is 47.9. The third-order valence-corrected chi connectivity index (χ3v) is 13.7. The van der Waals surface area contributed by atoms with Crippen molar-refractivity contribution in [1.82, 2.24) is 0 Å². The highest BCUT2D eigenvalue weighted by Gasteiger charge is 2.19. The van der Waals surface area contributed by atoms with E-state index in [4.69, 9.17) is 14.2 Å². The first kappa shape index (κ1) is 69.1. The highest BCUT2D eigenvalue weighted by molar-refractivity contribution is 5.71. The Morgan fingerprint density at radius 2 is 0.528 bits per heavy atom. The molecule has 0 aromatic heterocycles. The lowest BCUT2D eigenvalue weighted by atomic mass is 10.0. The fourth-order valence-corrected chi connectivity index (χ4v) is 8.98. The Balaban J connectivity index is 4.31. The summed E-state index contributed by atoms with van der Waals surface area (Å²) in [5.74, 6) is -0.890. The molecule has 0 N–H and O–H groups in total. The van der Waals surface area contributed by atoms with Gasteiger partial charge in [0.2, 0.25) is 0 Å². The molecule has 6 heteroatoms. The summed E-state index contributed by atoms with van der Waals surface area (Å²) in [6.45, 7) is 6.58. The van der Waals surface area contributed by atoms with Crippen LogP contribution in [0, 0.1) is 0 Å². The predicted molar refractivity (Wildman–Crippen MR) is 312 cm³/mol. The van der Waals surface area contributed by atoms with Gasteiger partial charge in [0.05, 0.1) is 0 Å². The molecule has 0 fully saturated rings. The summed E-state index contributed by atoms with van der Waals surface area (Å²) in [7, 11) is 0. The van der Waals surface area contributed by atoms with Crippen molar-refractivity contribution in [2.24, 2.45) is 0 Å². The number of rotatable bonds is 57. The molecule has 0 aliphatic heterocycles. The van der Waals surface area contributed by atoms with Crippen molar-refractivity contribution in [2.45, 2.75) is 329 Å². The van der Waals surface area contributed by atoms with Crippen molar-refractivity contribution in [1.29, 1.82) is 0 Å². The quantitative estimate of drug-likeness (QED) is 0.0261. The van der Waals surface area contributed by atoms with Gasteiger partial charge in [-0.25, -0.2) is 0 Å². The molecule has 418 valence electrons. The van der Waals surface area contributed by atoms with Crippen LogP contribution >= 0.6 is 0 Å². The fraction of sp³-hybridized carbons (Fsp3) is 0.803. The third-order valence-electron chi connectivity index (χ3n) is 13.7. The minimum atomic E-state index is -0.785. The lowest BCUT2D eigenvalue weighted by Crippen LogP contribution is -2.30. The monoisotopic (exact) mass is 1010 g/mol. The number of hydrogen-bond acceptors (Lipinski definition) is 6. The van der Waals surface area contributed by atoms with E-state index in [9.17, 15) is 14.4 Å². The second kappa shape index (κ2) is 60.7. The minimum Gasteiger partial charge on any atom is -0.462 e. The Hall–Kier alpha value is -2.89. The van der Waals surface area contributed by atoms with Crippen molar-refractivity contribution in [2.75, 3.05) is 13.2 Å². The van der Waals surface area contributed by atoms with Crippen LogP contribution < -0.4 is 0 Å². The molecule has 1 atom stereocenters. The lowest BCUT2D eigenvalue weighted by Gasteiger charge is -2.18. The Kier molecular flexibility index (Phi) is 58.2. The number of allylic oxidation sites excluding steroid dienone is 10. The standard InChI is InChI=1S/C66H118O6/c1-4-7-10-13-16-19-22-25-27-29-31-32-33-34-35-37-38-41-44-47-50-53-56-59-65(68)71-62-63(61-70-64(67)58-55-52-49-46-43-40-24-21-18-15-12-9-6-3)72-66(69)60-57-54-51-48-45-42-39-36-30-28-26-23-20-17-14-11-8-5-2/h12,15,20-21,23-24,28-31,63H,4-11,13-14,16-19,22,25-27,32-62H2,1-3H3/b15-12-,23-20-,24-21-,30-28-,31-29-. The molecule has 0 saturated heterocycles. The van der Waals surface area contributed by atoms with Crippen LogP contribution in [0.1, 0.15) is 323 Å². The topological polar surface area (TPSA) is 78.9 Å². The zero-order chi connectivity index (χ0) is 52.2. The second-order valence-electron chi connectivity index (χ2n) is 21.0. The Bertz CT molecular complexity index is 1290. The Morgan fingerprint density at radius 1 is 0.278 bits per heavy atom. The molecule has 6 nitrogen and oxygen atoms in total. The van der Waals surface area contributed by atoms with Gasteiger partial charge in [-0.15, -0.1) is 0 Å². The molecule has 0 aromatic rings. The van der Waals surface area contributed by atoms with E-state index >= 15 is 0 Å². The third kappa shape index (κ3) is 58.0. The van der Waals surface area contributed by atoms with Gasteiger partial charge in [-0.1, -0.05) is 261 Å². The second-order valence-corrected chi connectivity index (χ2v) is 21.0. The molecule has 0 radical (unpaired) electrons. The molecule has 0 amide bonds. The number of ether oxygens (including phenoxy) is 3. The number of carbonyl (C=O) groups is 3. The number of carbonyl (C=O) groups excluding carboxylic acids is 3. The summed E-state index contributed by atoms with van der Waals surface area (Å²) in [5, 5.41) is 0. The van der Waals surface area contributed by atoms with E-state index in [0.717, 1.165) is 96.3 Å². The average Bonchev–Trinajstić information content (AvgIpc) is 3.38. The summed E-state index contributed by atoms with van der Waals surface area (Å²) in [5.41, 5.74) is 0. The summed E-state index contributed by atoms with van der Waals surface area (Å²) < 4.78 is 16.9. The molecule has 0 saturated carbocycles. The van der Waals surface area contributed by atoms with Crippen LogP contribution in [0.2, 0.25) is 0 Å². The van der Waals surface area contributed by atoms with Crippen LogP contribution in [0.15, 0.2) is 60.8 Å². The van der Waals surface area contributed by atoms with Gasteiger partial charge in [0.15, 0.2) is 6.10 Å². The van der Waals surface area contributed by atoms with Gasteiger partial charge in [0, 0.05) is 19.3 Å². The number of esters is 3. The molecule has 0 aromatic carbocycles. The van der Waals surface area contributed by atoms with E-state index < -0.39 is 6.10 Å². The highest BCUT2D eigenvalue weighted by atomic mass is 16.6. The van der Waals surface area contributed by atoms with Crippen molar-refractivity contribution >= 4 is 17.9 Å². The van der Waals surface area contributed by atoms with Crippen LogP contribution in [0.3, 0.4) is 0 Å². The molecule has 0 spiro atoms. The van der Waals surface area contributed by atoms with Crippen molar-refractivity contribution < 1.29 is 28.6 Å². The van der Waals surface area contributed by atoms with E-state index in [-0.39, 0.29) is 31.1 Å². The van der Waals surface area contributed by atoms with E-state index in [1.54, 1.807) is 0 Å². The molecule has 1 unspecified atom stereocenters. The Labute approximate surface area is 447 Å². The van der Waals surface area contributed by atoms with Gasteiger partial charge in [-0.05, 0) is 103 Å². The first-order chi connectivity index (χ1) is 35.5. The van der Waals surface area contributed by atoms with Crippen molar-refractivity contribution in [3.05, 3.63) is 60.8 Å². The maximum atomic E-state index is 12.9. The van der Waals surface area contributed by atoms with Gasteiger partial charge in [0.25, 0.3) is 0 Å². The first-order valence-electron chi connectivity index (χ1n) is 31.3. The predicted octanol–water partition coefficient (Wildman–Crippen LogP) is 21.2. The summed E-state index contributed by atoms with van der Waals surface area (Å²) >= 11 is 0. The van der Waals surface area contributed by atoms with E-state index in [0.29, 0.717) is 19.3 Å². The highest BCUT2D eigenvalue weighted by Crippen LogP contribution is 2.16. The Morgan fingerprint density at radius 3 is 0.847 bits per heavy atom. The molecular formula is C66H118O6. The lowest BCUT2D eigenvalue weighted by molar-refractivity contribution is -0.167. The van der Waals surface area contributed by atoms with Crippen molar-refractivity contribution in [3.8, 4) is 0 Å². The van der Waals surface area contributed by atoms with Crippen LogP contribution in [0.5, 0.6) is 0 Å². The summed E-state index contributed by atoms with van der Waals surface area (Å²) in [6, 6.07) is 0. The van der Waals surface area contributed by atoms with Crippen molar-refractivity contribution in [3.63, 3.8) is 0 Å². The molecule has 0 aliphatic rings. The molecule has 0 aliphatic carbocycles. The fourth-order valence-electron chi connectivity index (χ4n) is 8.98. The average molecular weight is 1010 g/mol. The summed E-state index contributed by atoms with van der Waals surface area (Å²) in [6.07, 6.45) is 76.5. The normalized spacial score (nSPS) is 12.4. The van der Waals surface area contributed by atoms with Gasteiger partial charge < -0.3 is 14.2 Å². The molecule has 72 heavy (non-hydrogen) atoms. The minimum absolute atomic E-state index is 0.0810. The van der Waals surface area contributed by atoms with Crippen LogP contribution in [0.4, 0.5) is 0 Å². The van der Waals surface area contributed by atoms with Crippen LogP contribution in [0.25, 0.3) is 0 Å². The molecule has 0 rings (SSSR count). The number of unbranched alkanes of at least 4 members (excludes halogenated alkanes) is 36. The van der Waals surface area contributed by atoms with E-state index in [1.807, 2.05) is 0 Å². The van der Waals surface area contributed by atoms with E-state index in [2.05, 4.69) is 81.5 Å². The van der Waals surface area contributed by atoms with E-state index in [1.165, 1.54) is 186 Å². The van der Waals surface area contributed by atoms with Gasteiger partial charge in [0.1, 0.15) is 13.2 Å². The SMILES string of the molecule is CCC/C=C\C/C=C\CCCCCCCC(=O)OCC(COC(=O)CCCCCCCCCCCCC/C=C\CCCCCCCCCC)OC(=O)CCCCCCCCC/C=C\C/C=C\CCCCCC. The molecular weight excluding hydrogens is 889 g/mol. The smallest absolute Gasteiger partial charge is 0.306 e. The van der Waals surface area contributed by atoms with Gasteiger partial charge >= 0.3 is 17.9 Å². The maximum absolute atomic E-state index is 12.9. The number of hydrogen-bond donors (Lipinski definition) is 0. The molecule has 0 heterocycles. The largest absolute Gasteiger partial charge is 0.462 e. The zero-order valence-electron chi connectivity index (χ0n) is 47.9.